The van der Waals surface area contributed by atoms with Gasteiger partial charge in [0.1, 0.15) is 23.5 Å². The number of aromatic nitrogens is 2. The molecule has 2 aliphatic rings. The molecule has 2 aromatic rings. The standard InChI is InChI=1S/C19H24N6OS/c26-16(15-4-2-1-3-5-15)13-21-17-12-18(23-14-22-17)24-7-9-25(10-8-24)19-20-6-11-27-19/h1-6,11-12,14,16,19-20,26H,7-10,13H2,(H,21,22,23). The Morgan fingerprint density at radius 2 is 2.00 bits per heavy atom. The zero-order chi connectivity index (χ0) is 18.5. The first-order valence-corrected chi connectivity index (χ1v) is 10.1. The van der Waals surface area contributed by atoms with Crippen molar-refractivity contribution >= 4 is 23.4 Å². The maximum Gasteiger partial charge on any atom is 0.134 e. The first-order valence-electron chi connectivity index (χ1n) is 9.14. The fourth-order valence-electron chi connectivity index (χ4n) is 3.26. The first kappa shape index (κ1) is 18.1. The molecule has 1 saturated heterocycles. The molecule has 3 N–H and O–H groups in total. The molecule has 8 heteroatoms. The van der Waals surface area contributed by atoms with Crippen molar-refractivity contribution in [1.82, 2.24) is 20.2 Å². The Labute approximate surface area is 163 Å². The van der Waals surface area contributed by atoms with Crippen LogP contribution in [0.1, 0.15) is 11.7 Å². The average molecular weight is 385 g/mol. The minimum Gasteiger partial charge on any atom is -0.387 e. The molecule has 2 aliphatic heterocycles. The molecule has 0 amide bonds. The van der Waals surface area contributed by atoms with Gasteiger partial charge in [0.15, 0.2) is 0 Å². The molecule has 1 fully saturated rings. The van der Waals surface area contributed by atoms with E-state index in [2.05, 4.69) is 35.8 Å². The van der Waals surface area contributed by atoms with Gasteiger partial charge >= 0.3 is 0 Å². The summed E-state index contributed by atoms with van der Waals surface area (Å²) in [6.45, 7) is 4.26. The first-order chi connectivity index (χ1) is 13.3. The zero-order valence-electron chi connectivity index (χ0n) is 15.0. The fraction of sp³-hybridized carbons (Fsp3) is 0.368. The van der Waals surface area contributed by atoms with Crippen molar-refractivity contribution in [2.75, 3.05) is 42.9 Å². The van der Waals surface area contributed by atoms with Crippen LogP contribution in [0.2, 0.25) is 0 Å². The topological polar surface area (TPSA) is 76.6 Å². The molecule has 2 atom stereocenters. The van der Waals surface area contributed by atoms with Gasteiger partial charge in [0.25, 0.3) is 0 Å². The van der Waals surface area contributed by atoms with Crippen LogP contribution in [0.5, 0.6) is 0 Å². The van der Waals surface area contributed by atoms with Gasteiger partial charge in [0.05, 0.1) is 6.10 Å². The van der Waals surface area contributed by atoms with E-state index in [0.29, 0.717) is 12.0 Å². The number of hydrogen-bond acceptors (Lipinski definition) is 8. The third-order valence-electron chi connectivity index (χ3n) is 4.80. The summed E-state index contributed by atoms with van der Waals surface area (Å²) in [5.41, 5.74) is 1.25. The fourth-order valence-corrected chi connectivity index (χ4v) is 4.11. The van der Waals surface area contributed by atoms with Crippen molar-refractivity contribution in [3.63, 3.8) is 0 Å². The maximum atomic E-state index is 10.3. The average Bonchev–Trinajstić information content (AvgIpc) is 3.28. The van der Waals surface area contributed by atoms with E-state index in [0.717, 1.165) is 43.4 Å². The molecule has 0 saturated carbocycles. The number of nitrogens with zero attached hydrogens (tertiary/aromatic N) is 4. The summed E-state index contributed by atoms with van der Waals surface area (Å²) >= 11 is 1.81. The monoisotopic (exact) mass is 384 g/mol. The third-order valence-corrected chi connectivity index (χ3v) is 5.78. The summed E-state index contributed by atoms with van der Waals surface area (Å²) in [5, 5.41) is 19.0. The number of piperazine rings is 1. The van der Waals surface area contributed by atoms with Crippen molar-refractivity contribution in [3.05, 3.63) is 59.9 Å². The molecule has 0 spiro atoms. The Bertz CT molecular complexity index is 758. The number of anilines is 2. The van der Waals surface area contributed by atoms with E-state index in [1.165, 1.54) is 0 Å². The highest BCUT2D eigenvalue weighted by Crippen LogP contribution is 2.23. The second-order valence-corrected chi connectivity index (χ2v) is 7.54. The second-order valence-electron chi connectivity index (χ2n) is 6.55. The second kappa shape index (κ2) is 8.60. The summed E-state index contributed by atoms with van der Waals surface area (Å²) in [6, 6.07) is 11.6. The Hall–Kier alpha value is -2.29. The Kier molecular flexibility index (Phi) is 5.76. The van der Waals surface area contributed by atoms with E-state index >= 15 is 0 Å². The van der Waals surface area contributed by atoms with E-state index in [1.54, 1.807) is 6.33 Å². The van der Waals surface area contributed by atoms with Crippen LogP contribution in [-0.2, 0) is 0 Å². The van der Waals surface area contributed by atoms with Crippen LogP contribution >= 0.6 is 11.8 Å². The third kappa shape index (κ3) is 4.52. The zero-order valence-corrected chi connectivity index (χ0v) is 15.8. The lowest BCUT2D eigenvalue weighted by Gasteiger charge is -2.38. The molecule has 0 radical (unpaired) electrons. The number of benzene rings is 1. The summed E-state index contributed by atoms with van der Waals surface area (Å²) in [4.78, 5) is 13.4. The van der Waals surface area contributed by atoms with Gasteiger partial charge in [0.2, 0.25) is 0 Å². The van der Waals surface area contributed by atoms with Gasteiger partial charge in [-0.15, -0.1) is 0 Å². The minimum absolute atomic E-state index is 0.356. The van der Waals surface area contributed by atoms with Crippen LogP contribution in [0.4, 0.5) is 11.6 Å². The lowest BCUT2D eigenvalue weighted by molar-refractivity contribution is 0.191. The molecule has 1 aromatic carbocycles. The van der Waals surface area contributed by atoms with E-state index in [1.807, 2.05) is 54.4 Å². The lowest BCUT2D eigenvalue weighted by atomic mass is 10.1. The van der Waals surface area contributed by atoms with E-state index in [4.69, 9.17) is 0 Å². The SMILES string of the molecule is OC(CNc1cc(N2CCN(C3NC=CS3)CC2)ncn1)c1ccccc1. The Morgan fingerprint density at radius 3 is 2.74 bits per heavy atom. The molecule has 1 aromatic heterocycles. The van der Waals surface area contributed by atoms with Crippen LogP contribution in [0.15, 0.2) is 54.3 Å². The minimum atomic E-state index is -0.571. The van der Waals surface area contributed by atoms with Crippen LogP contribution in [0, 0.1) is 0 Å². The predicted molar refractivity (Wildman–Crippen MR) is 109 cm³/mol. The smallest absolute Gasteiger partial charge is 0.134 e. The maximum absolute atomic E-state index is 10.3. The van der Waals surface area contributed by atoms with Gasteiger partial charge in [-0.2, -0.15) is 0 Å². The summed E-state index contributed by atoms with van der Waals surface area (Å²) in [5.74, 6) is 1.65. The molecule has 0 aliphatic carbocycles. The highest BCUT2D eigenvalue weighted by atomic mass is 32.2. The quantitative estimate of drug-likeness (QED) is 0.697. The largest absolute Gasteiger partial charge is 0.387 e. The normalized spacial score (nSPS) is 21.1. The summed E-state index contributed by atoms with van der Waals surface area (Å²) in [7, 11) is 0. The van der Waals surface area contributed by atoms with Crippen LogP contribution < -0.4 is 15.5 Å². The number of rotatable bonds is 6. The number of aliphatic hydroxyl groups excluding tert-OH is 1. The number of thioether (sulfide) groups is 1. The molecule has 3 heterocycles. The van der Waals surface area contributed by atoms with E-state index < -0.39 is 6.10 Å². The van der Waals surface area contributed by atoms with Gasteiger partial charge in [-0.3, -0.25) is 4.90 Å². The molecule has 2 unspecified atom stereocenters. The van der Waals surface area contributed by atoms with Gasteiger partial charge < -0.3 is 20.6 Å². The highest BCUT2D eigenvalue weighted by molar-refractivity contribution is 8.02. The van der Waals surface area contributed by atoms with Crippen molar-refractivity contribution in [2.24, 2.45) is 0 Å². The van der Waals surface area contributed by atoms with Crippen LogP contribution in [-0.4, -0.2) is 58.2 Å². The molecule has 0 bridgehead atoms. The van der Waals surface area contributed by atoms with Gasteiger partial charge in [0, 0.05) is 45.0 Å². The van der Waals surface area contributed by atoms with Crippen molar-refractivity contribution in [3.8, 4) is 0 Å². The highest BCUT2D eigenvalue weighted by Gasteiger charge is 2.25. The van der Waals surface area contributed by atoms with E-state index in [-0.39, 0.29) is 0 Å². The predicted octanol–water partition coefficient (Wildman–Crippen LogP) is 1.84. The molecule has 27 heavy (non-hydrogen) atoms. The van der Waals surface area contributed by atoms with Crippen molar-refractivity contribution in [1.29, 1.82) is 0 Å². The molecule has 7 nitrogen and oxygen atoms in total. The van der Waals surface area contributed by atoms with Crippen LogP contribution in [0.3, 0.4) is 0 Å². The molecular formula is C19H24N6OS. The lowest BCUT2D eigenvalue weighted by Crippen LogP contribution is -2.52. The number of aliphatic hydroxyl groups is 1. The Morgan fingerprint density at radius 1 is 1.19 bits per heavy atom. The van der Waals surface area contributed by atoms with Gasteiger partial charge in [-0.05, 0) is 11.0 Å². The Balaban J connectivity index is 1.31. The van der Waals surface area contributed by atoms with Crippen LogP contribution in [0.25, 0.3) is 0 Å². The molecule has 4 rings (SSSR count). The number of nitrogens with one attached hydrogen (secondary N) is 2. The number of hydrogen-bond donors (Lipinski definition) is 3. The van der Waals surface area contributed by atoms with Gasteiger partial charge in [-0.25, -0.2) is 9.97 Å². The van der Waals surface area contributed by atoms with Gasteiger partial charge in [-0.1, -0.05) is 42.1 Å². The molecular weight excluding hydrogens is 360 g/mol. The summed E-state index contributed by atoms with van der Waals surface area (Å²) < 4.78 is 0. The summed E-state index contributed by atoms with van der Waals surface area (Å²) in [6.07, 6.45) is 3.02. The van der Waals surface area contributed by atoms with E-state index in [9.17, 15) is 5.11 Å². The van der Waals surface area contributed by atoms with Crippen molar-refractivity contribution in [2.45, 2.75) is 11.6 Å². The van der Waals surface area contributed by atoms with Crippen molar-refractivity contribution < 1.29 is 5.11 Å². The molecule has 142 valence electrons.